The summed E-state index contributed by atoms with van der Waals surface area (Å²) in [6.45, 7) is 5.48. The molecule has 0 saturated heterocycles. The lowest BCUT2D eigenvalue weighted by atomic mass is 10.2. The average Bonchev–Trinajstić information content (AvgIpc) is 2.59. The summed E-state index contributed by atoms with van der Waals surface area (Å²) in [5.74, 6) is -0.393. The van der Waals surface area contributed by atoms with Gasteiger partial charge in [-0.15, -0.1) is 0 Å². The number of nitriles is 1. The van der Waals surface area contributed by atoms with Crippen LogP contribution in [0.4, 0.5) is 5.82 Å². The van der Waals surface area contributed by atoms with E-state index in [1.165, 1.54) is 8.99 Å². The predicted molar refractivity (Wildman–Crippen MR) is 71.6 cm³/mol. The zero-order valence-electron chi connectivity index (χ0n) is 11.6. The van der Waals surface area contributed by atoms with E-state index in [0.29, 0.717) is 5.69 Å². The summed E-state index contributed by atoms with van der Waals surface area (Å²) in [5.41, 5.74) is 6.17. The van der Waals surface area contributed by atoms with E-state index in [4.69, 9.17) is 11.0 Å². The van der Waals surface area contributed by atoms with Gasteiger partial charge in [0.05, 0.1) is 17.7 Å². The second-order valence-electron chi connectivity index (χ2n) is 4.41. The maximum atomic E-state index is 12.6. The molecule has 0 aliphatic rings. The summed E-state index contributed by atoms with van der Waals surface area (Å²) in [4.78, 5) is 0.0296. The molecule has 106 valence electrons. The van der Waals surface area contributed by atoms with Gasteiger partial charge in [0.1, 0.15) is 4.90 Å². The SMILES string of the molecule is CCN(CC(C)C#N)S(=O)(=O)c1c(N)nn(C)c1C. The number of hydrogen-bond donors (Lipinski definition) is 1. The van der Waals surface area contributed by atoms with Gasteiger partial charge in [-0.3, -0.25) is 4.68 Å². The Bertz CT molecular complexity index is 599. The highest BCUT2D eigenvalue weighted by Gasteiger charge is 2.31. The van der Waals surface area contributed by atoms with Crippen molar-refractivity contribution in [3.05, 3.63) is 5.69 Å². The first-order valence-electron chi connectivity index (χ1n) is 5.94. The summed E-state index contributed by atoms with van der Waals surface area (Å²) in [6.07, 6.45) is 0. The van der Waals surface area contributed by atoms with E-state index in [1.807, 2.05) is 6.07 Å². The van der Waals surface area contributed by atoms with E-state index >= 15 is 0 Å². The summed E-state index contributed by atoms with van der Waals surface area (Å²) in [6, 6.07) is 2.03. The third-order valence-corrected chi connectivity index (χ3v) is 5.06. The lowest BCUT2D eigenvalue weighted by molar-refractivity contribution is 0.399. The van der Waals surface area contributed by atoms with Crippen LogP contribution in [-0.2, 0) is 17.1 Å². The third-order valence-electron chi connectivity index (χ3n) is 2.95. The second kappa shape index (κ2) is 5.59. The minimum Gasteiger partial charge on any atom is -0.381 e. The molecule has 0 aliphatic heterocycles. The van der Waals surface area contributed by atoms with Gasteiger partial charge in [0, 0.05) is 20.1 Å². The van der Waals surface area contributed by atoms with Gasteiger partial charge in [-0.25, -0.2) is 8.42 Å². The van der Waals surface area contributed by atoms with Gasteiger partial charge < -0.3 is 5.73 Å². The Morgan fingerprint density at radius 2 is 2.16 bits per heavy atom. The molecule has 0 fully saturated rings. The Hall–Kier alpha value is -1.59. The highest BCUT2D eigenvalue weighted by molar-refractivity contribution is 7.89. The molecule has 0 saturated carbocycles. The monoisotopic (exact) mass is 285 g/mol. The minimum absolute atomic E-state index is 0.0111. The number of nitrogen functional groups attached to an aromatic ring is 1. The number of nitrogens with two attached hydrogens (primary N) is 1. The molecule has 7 nitrogen and oxygen atoms in total. The number of nitrogens with zero attached hydrogens (tertiary/aromatic N) is 4. The van der Waals surface area contributed by atoms with Crippen LogP contribution < -0.4 is 5.73 Å². The predicted octanol–water partition coefficient (Wildman–Crippen LogP) is 0.481. The van der Waals surface area contributed by atoms with Crippen LogP contribution in [0.25, 0.3) is 0 Å². The molecule has 0 spiro atoms. The molecule has 1 rings (SSSR count). The molecule has 1 unspecified atom stereocenters. The topological polar surface area (TPSA) is 105 Å². The van der Waals surface area contributed by atoms with Gasteiger partial charge in [0.25, 0.3) is 0 Å². The fourth-order valence-corrected chi connectivity index (χ4v) is 3.63. The summed E-state index contributed by atoms with van der Waals surface area (Å²) < 4.78 is 27.8. The average molecular weight is 285 g/mol. The number of sulfonamides is 1. The van der Waals surface area contributed by atoms with E-state index < -0.39 is 10.0 Å². The fourth-order valence-electron chi connectivity index (χ4n) is 1.81. The van der Waals surface area contributed by atoms with Crippen LogP contribution in [0.1, 0.15) is 19.5 Å². The number of hydrogen-bond acceptors (Lipinski definition) is 5. The van der Waals surface area contributed by atoms with Crippen LogP contribution >= 0.6 is 0 Å². The van der Waals surface area contributed by atoms with E-state index in [0.717, 1.165) is 0 Å². The molecule has 1 aromatic rings. The van der Waals surface area contributed by atoms with Crippen molar-refractivity contribution in [3.63, 3.8) is 0 Å². The molecule has 1 atom stereocenters. The summed E-state index contributed by atoms with van der Waals surface area (Å²) in [5, 5.41) is 12.7. The number of aromatic nitrogens is 2. The van der Waals surface area contributed by atoms with Gasteiger partial charge >= 0.3 is 0 Å². The number of anilines is 1. The Kier molecular flexibility index (Phi) is 4.55. The van der Waals surface area contributed by atoms with Gasteiger partial charge in [-0.1, -0.05) is 6.92 Å². The van der Waals surface area contributed by atoms with E-state index in [1.54, 1.807) is 27.8 Å². The van der Waals surface area contributed by atoms with Crippen molar-refractivity contribution in [2.24, 2.45) is 13.0 Å². The van der Waals surface area contributed by atoms with Crippen molar-refractivity contribution < 1.29 is 8.42 Å². The van der Waals surface area contributed by atoms with Gasteiger partial charge in [0.15, 0.2) is 5.82 Å². The zero-order chi connectivity index (χ0) is 14.8. The van der Waals surface area contributed by atoms with Crippen LogP contribution in [0.5, 0.6) is 0 Å². The Morgan fingerprint density at radius 3 is 2.53 bits per heavy atom. The lowest BCUT2D eigenvalue weighted by Crippen LogP contribution is -2.35. The van der Waals surface area contributed by atoms with E-state index in [2.05, 4.69) is 5.10 Å². The quantitative estimate of drug-likeness (QED) is 0.847. The summed E-state index contributed by atoms with van der Waals surface area (Å²) in [7, 11) is -2.09. The van der Waals surface area contributed by atoms with Crippen molar-refractivity contribution in [1.29, 1.82) is 5.26 Å². The van der Waals surface area contributed by atoms with Gasteiger partial charge in [-0.2, -0.15) is 14.7 Å². The van der Waals surface area contributed by atoms with Crippen molar-refractivity contribution in [3.8, 4) is 6.07 Å². The maximum absolute atomic E-state index is 12.6. The fraction of sp³-hybridized carbons (Fsp3) is 0.636. The molecule has 0 aromatic carbocycles. The highest BCUT2D eigenvalue weighted by atomic mass is 32.2. The molecular formula is C11H19N5O2S. The highest BCUT2D eigenvalue weighted by Crippen LogP contribution is 2.25. The molecular weight excluding hydrogens is 266 g/mol. The first kappa shape index (κ1) is 15.5. The molecule has 1 heterocycles. The number of aryl methyl sites for hydroxylation is 1. The summed E-state index contributed by atoms with van der Waals surface area (Å²) >= 11 is 0. The van der Waals surface area contributed by atoms with Crippen LogP contribution in [0.3, 0.4) is 0 Å². The molecule has 0 bridgehead atoms. The molecule has 0 amide bonds. The first-order valence-corrected chi connectivity index (χ1v) is 7.38. The zero-order valence-corrected chi connectivity index (χ0v) is 12.4. The van der Waals surface area contributed by atoms with Crippen LogP contribution in [-0.4, -0.2) is 35.6 Å². The largest absolute Gasteiger partial charge is 0.381 e. The lowest BCUT2D eigenvalue weighted by Gasteiger charge is -2.21. The second-order valence-corrected chi connectivity index (χ2v) is 6.28. The maximum Gasteiger partial charge on any atom is 0.248 e. The van der Waals surface area contributed by atoms with Gasteiger partial charge in [0.2, 0.25) is 10.0 Å². The first-order chi connectivity index (χ1) is 8.75. The van der Waals surface area contributed by atoms with Crippen molar-refractivity contribution in [2.75, 3.05) is 18.8 Å². The Morgan fingerprint density at radius 1 is 1.58 bits per heavy atom. The van der Waals surface area contributed by atoms with Gasteiger partial charge in [-0.05, 0) is 13.8 Å². The van der Waals surface area contributed by atoms with Crippen LogP contribution in [0.15, 0.2) is 4.90 Å². The normalized spacial score (nSPS) is 13.5. The van der Waals surface area contributed by atoms with Crippen molar-refractivity contribution in [2.45, 2.75) is 25.7 Å². The molecule has 0 aliphatic carbocycles. The molecule has 19 heavy (non-hydrogen) atoms. The Balaban J connectivity index is 3.26. The number of rotatable bonds is 5. The molecule has 2 N–H and O–H groups in total. The minimum atomic E-state index is -3.72. The third kappa shape index (κ3) is 2.88. The van der Waals surface area contributed by atoms with E-state index in [-0.39, 0.29) is 29.7 Å². The van der Waals surface area contributed by atoms with Crippen LogP contribution in [0, 0.1) is 24.2 Å². The smallest absolute Gasteiger partial charge is 0.248 e. The molecule has 0 radical (unpaired) electrons. The van der Waals surface area contributed by atoms with E-state index in [9.17, 15) is 8.42 Å². The van der Waals surface area contributed by atoms with Crippen LogP contribution in [0.2, 0.25) is 0 Å². The molecule has 8 heteroatoms. The Labute approximate surface area is 113 Å². The molecule has 1 aromatic heterocycles. The standard InChI is InChI=1S/C11H19N5O2S/c1-5-16(7-8(2)6-12)19(17,18)10-9(3)15(4)14-11(10)13/h8H,5,7H2,1-4H3,(H2,13,14). The van der Waals surface area contributed by atoms with Crippen molar-refractivity contribution in [1.82, 2.24) is 14.1 Å². The van der Waals surface area contributed by atoms with Crippen molar-refractivity contribution >= 4 is 15.8 Å².